The van der Waals surface area contributed by atoms with Crippen molar-refractivity contribution in [2.75, 3.05) is 11.9 Å². The van der Waals surface area contributed by atoms with Gasteiger partial charge in [-0.15, -0.1) is 0 Å². The Bertz CT molecular complexity index is 479. The Kier molecular flexibility index (Phi) is 3.05. The highest BCUT2D eigenvalue weighted by molar-refractivity contribution is 5.80. The van der Waals surface area contributed by atoms with Crippen LogP contribution in [0.5, 0.6) is 0 Å². The number of carboxylic acid groups (broad SMARTS) is 1. The maximum absolute atomic E-state index is 13.2. The lowest BCUT2D eigenvalue weighted by molar-refractivity contribution is -0.141. The van der Waals surface area contributed by atoms with Crippen LogP contribution in [0.25, 0.3) is 0 Å². The van der Waals surface area contributed by atoms with Crippen molar-refractivity contribution in [3.05, 3.63) is 29.6 Å². The number of carbonyl (C=O) groups is 1. The molecule has 0 amide bonds. The topological polar surface area (TPSA) is 49.3 Å². The number of aliphatic carboxylic acids is 1. The number of fused-ring (bicyclic) bond motifs is 1. The van der Waals surface area contributed by atoms with E-state index in [9.17, 15) is 14.3 Å². The molecule has 2 N–H and O–H groups in total. The van der Waals surface area contributed by atoms with Crippen LogP contribution in [0.1, 0.15) is 32.3 Å². The van der Waals surface area contributed by atoms with Gasteiger partial charge in [0.25, 0.3) is 0 Å². The van der Waals surface area contributed by atoms with Crippen molar-refractivity contribution in [1.82, 2.24) is 0 Å². The summed E-state index contributed by atoms with van der Waals surface area (Å²) in [7, 11) is 0. The molecule has 3 nitrogen and oxygen atoms in total. The Morgan fingerprint density at radius 3 is 2.67 bits per heavy atom. The molecule has 1 heterocycles. The van der Waals surface area contributed by atoms with Gasteiger partial charge in [0, 0.05) is 12.2 Å². The average Bonchev–Trinajstić information content (AvgIpc) is 2.25. The van der Waals surface area contributed by atoms with Gasteiger partial charge in [-0.05, 0) is 29.0 Å². The van der Waals surface area contributed by atoms with Gasteiger partial charge in [-0.25, -0.2) is 4.39 Å². The summed E-state index contributed by atoms with van der Waals surface area (Å²) in [5.74, 6) is -1.79. The van der Waals surface area contributed by atoms with E-state index in [1.165, 1.54) is 12.1 Å². The Balaban J connectivity index is 2.49. The number of halogens is 1. The molecule has 1 aliphatic rings. The number of hydrogen-bond acceptors (Lipinski definition) is 2. The van der Waals surface area contributed by atoms with Crippen molar-refractivity contribution in [2.24, 2.45) is 11.3 Å². The molecule has 1 aromatic rings. The third-order valence-corrected chi connectivity index (χ3v) is 3.64. The predicted octanol–water partition coefficient (Wildman–Crippen LogP) is 3.08. The lowest BCUT2D eigenvalue weighted by atomic mass is 9.69. The number of nitrogens with one attached hydrogen (secondary N) is 1. The van der Waals surface area contributed by atoms with E-state index >= 15 is 0 Å². The highest BCUT2D eigenvalue weighted by Crippen LogP contribution is 2.43. The van der Waals surface area contributed by atoms with Crippen LogP contribution < -0.4 is 5.32 Å². The maximum atomic E-state index is 13.2. The van der Waals surface area contributed by atoms with E-state index in [1.54, 1.807) is 6.07 Å². The van der Waals surface area contributed by atoms with Gasteiger partial charge in [-0.2, -0.15) is 0 Å². The van der Waals surface area contributed by atoms with Crippen molar-refractivity contribution < 1.29 is 14.3 Å². The third-order valence-electron chi connectivity index (χ3n) is 3.64. The zero-order valence-electron chi connectivity index (χ0n) is 10.8. The summed E-state index contributed by atoms with van der Waals surface area (Å²) in [6.45, 7) is 6.65. The average molecular weight is 251 g/mol. The summed E-state index contributed by atoms with van der Waals surface area (Å²) in [5, 5.41) is 12.6. The van der Waals surface area contributed by atoms with Crippen LogP contribution in [-0.2, 0) is 4.79 Å². The second-order valence-corrected chi connectivity index (χ2v) is 5.90. The van der Waals surface area contributed by atoms with E-state index in [0.717, 1.165) is 0 Å². The molecule has 98 valence electrons. The summed E-state index contributed by atoms with van der Waals surface area (Å²) in [6.07, 6.45) is 0. The molecule has 18 heavy (non-hydrogen) atoms. The van der Waals surface area contributed by atoms with Gasteiger partial charge in [0.1, 0.15) is 5.82 Å². The summed E-state index contributed by atoms with van der Waals surface area (Å²) >= 11 is 0. The van der Waals surface area contributed by atoms with Crippen LogP contribution in [0.2, 0.25) is 0 Å². The standard InChI is InChI=1S/C14H18FNO2/c1-14(2,3)10-7-16-11-6-8(15)4-5-9(11)12(10)13(17)18/h4-6,10,12,16H,7H2,1-3H3,(H,17,18). The first-order chi connectivity index (χ1) is 8.30. The van der Waals surface area contributed by atoms with Crippen LogP contribution >= 0.6 is 0 Å². The van der Waals surface area contributed by atoms with E-state index in [4.69, 9.17) is 0 Å². The SMILES string of the molecule is CC(C)(C)C1CNc2cc(F)ccc2C1C(=O)O. The van der Waals surface area contributed by atoms with E-state index in [0.29, 0.717) is 17.8 Å². The maximum Gasteiger partial charge on any atom is 0.311 e. The lowest BCUT2D eigenvalue weighted by Gasteiger charge is -2.40. The van der Waals surface area contributed by atoms with E-state index < -0.39 is 11.9 Å². The molecule has 0 spiro atoms. The van der Waals surface area contributed by atoms with Crippen molar-refractivity contribution in [2.45, 2.75) is 26.7 Å². The van der Waals surface area contributed by atoms with E-state index in [2.05, 4.69) is 5.32 Å². The summed E-state index contributed by atoms with van der Waals surface area (Å²) < 4.78 is 13.2. The number of hydrogen-bond donors (Lipinski definition) is 2. The van der Waals surface area contributed by atoms with Crippen LogP contribution in [0.15, 0.2) is 18.2 Å². The molecule has 2 unspecified atom stereocenters. The summed E-state index contributed by atoms with van der Waals surface area (Å²) in [6, 6.07) is 4.26. The normalized spacial score (nSPS) is 23.1. The minimum Gasteiger partial charge on any atom is -0.481 e. The molecule has 2 rings (SSSR count). The monoisotopic (exact) mass is 251 g/mol. The molecule has 4 heteroatoms. The van der Waals surface area contributed by atoms with E-state index in [-0.39, 0.29) is 17.2 Å². The largest absolute Gasteiger partial charge is 0.481 e. The van der Waals surface area contributed by atoms with Gasteiger partial charge in [-0.3, -0.25) is 4.79 Å². The first-order valence-electron chi connectivity index (χ1n) is 6.07. The number of benzene rings is 1. The van der Waals surface area contributed by atoms with Gasteiger partial charge in [0.05, 0.1) is 5.92 Å². The van der Waals surface area contributed by atoms with Gasteiger partial charge >= 0.3 is 5.97 Å². The van der Waals surface area contributed by atoms with Gasteiger partial charge in [0.2, 0.25) is 0 Å². The quantitative estimate of drug-likeness (QED) is 0.806. The van der Waals surface area contributed by atoms with Gasteiger partial charge < -0.3 is 10.4 Å². The minimum atomic E-state index is -0.843. The second kappa shape index (κ2) is 4.26. The number of anilines is 1. The predicted molar refractivity (Wildman–Crippen MR) is 68.2 cm³/mol. The molecule has 1 aliphatic heterocycles. The molecule has 0 bridgehead atoms. The Morgan fingerprint density at radius 2 is 2.11 bits per heavy atom. The highest BCUT2D eigenvalue weighted by Gasteiger charge is 2.41. The fourth-order valence-corrected chi connectivity index (χ4v) is 2.62. The third kappa shape index (κ3) is 2.19. The molecule has 0 aromatic heterocycles. The molecule has 0 aliphatic carbocycles. The highest BCUT2D eigenvalue weighted by atomic mass is 19.1. The molecule has 0 saturated carbocycles. The summed E-state index contributed by atoms with van der Waals surface area (Å²) in [4.78, 5) is 11.5. The van der Waals surface area contributed by atoms with Gasteiger partial charge in [-0.1, -0.05) is 26.8 Å². The van der Waals surface area contributed by atoms with Crippen LogP contribution in [-0.4, -0.2) is 17.6 Å². The summed E-state index contributed by atoms with van der Waals surface area (Å²) in [5.41, 5.74) is 1.15. The Morgan fingerprint density at radius 1 is 1.44 bits per heavy atom. The van der Waals surface area contributed by atoms with Crippen molar-refractivity contribution in [3.8, 4) is 0 Å². The molecule has 2 atom stereocenters. The smallest absolute Gasteiger partial charge is 0.311 e. The first-order valence-corrected chi connectivity index (χ1v) is 6.07. The van der Waals surface area contributed by atoms with Crippen LogP contribution in [0.4, 0.5) is 10.1 Å². The molecule has 1 aromatic carbocycles. The molecular weight excluding hydrogens is 233 g/mol. The van der Waals surface area contributed by atoms with Crippen LogP contribution in [0.3, 0.4) is 0 Å². The first kappa shape index (κ1) is 12.9. The number of rotatable bonds is 1. The second-order valence-electron chi connectivity index (χ2n) is 5.90. The molecule has 0 radical (unpaired) electrons. The number of carboxylic acids is 1. The fourth-order valence-electron chi connectivity index (χ4n) is 2.62. The van der Waals surface area contributed by atoms with Gasteiger partial charge in [0.15, 0.2) is 0 Å². The minimum absolute atomic E-state index is 0.0204. The molecular formula is C14H18FNO2. The Labute approximate surface area is 106 Å². The van der Waals surface area contributed by atoms with Crippen molar-refractivity contribution >= 4 is 11.7 Å². The zero-order valence-corrected chi connectivity index (χ0v) is 10.8. The Hall–Kier alpha value is -1.58. The molecule has 0 fully saturated rings. The van der Waals surface area contributed by atoms with Crippen molar-refractivity contribution in [3.63, 3.8) is 0 Å². The van der Waals surface area contributed by atoms with Crippen LogP contribution in [0, 0.1) is 17.2 Å². The van der Waals surface area contributed by atoms with E-state index in [1.807, 2.05) is 20.8 Å². The zero-order chi connectivity index (χ0) is 13.5. The fraction of sp³-hybridized carbons (Fsp3) is 0.500. The van der Waals surface area contributed by atoms with Crippen molar-refractivity contribution in [1.29, 1.82) is 0 Å². The molecule has 0 saturated heterocycles. The lowest BCUT2D eigenvalue weighted by Crippen LogP contribution is -2.40.